The second-order valence-corrected chi connectivity index (χ2v) is 15.3. The second kappa shape index (κ2) is 18.7. The Labute approximate surface area is 279 Å². The van der Waals surface area contributed by atoms with Crippen LogP contribution in [0.15, 0.2) is 27.0 Å². The van der Waals surface area contributed by atoms with E-state index < -0.39 is 67.8 Å². The lowest BCUT2D eigenvalue weighted by atomic mass is 9.84. The molecule has 0 bridgehead atoms. The summed E-state index contributed by atoms with van der Waals surface area (Å²) in [7, 11) is -2.14. The lowest BCUT2D eigenvalue weighted by Gasteiger charge is -2.33. The highest BCUT2D eigenvalue weighted by atomic mass is 32.2. The van der Waals surface area contributed by atoms with Crippen LogP contribution in [0.4, 0.5) is 4.39 Å². The zero-order valence-corrected chi connectivity index (χ0v) is 29.6. The average Bonchev–Trinajstić information content (AvgIpc) is 3.31. The number of aliphatic hydroxyl groups is 1. The third kappa shape index (κ3) is 11.1. The molecule has 260 valence electrons. The number of halogens is 1. The second-order valence-electron chi connectivity index (χ2n) is 11.9. The van der Waals surface area contributed by atoms with Crippen LogP contribution in [-0.2, 0) is 27.9 Å². The summed E-state index contributed by atoms with van der Waals surface area (Å²) in [6.45, 7) is 10.4. The van der Waals surface area contributed by atoms with E-state index in [4.69, 9.17) is 25.3 Å². The first-order chi connectivity index (χ1) is 22.2. The molecule has 1 saturated heterocycles. The van der Waals surface area contributed by atoms with Crippen molar-refractivity contribution in [2.75, 3.05) is 44.5 Å². The number of alkyl halides is 1. The van der Waals surface area contributed by atoms with E-state index in [9.17, 15) is 19.2 Å². The summed E-state index contributed by atoms with van der Waals surface area (Å²) in [5.41, 5.74) is 4.88. The number of ether oxygens (including phenoxy) is 1. The molecule has 2 heterocycles. The molecule has 0 aliphatic carbocycles. The van der Waals surface area contributed by atoms with Gasteiger partial charge in [-0.15, -0.1) is 0 Å². The highest BCUT2D eigenvalue weighted by molar-refractivity contribution is 8.14. The molecule has 0 saturated carbocycles. The molecule has 1 aromatic heterocycles. The van der Waals surface area contributed by atoms with Crippen molar-refractivity contribution in [3.63, 3.8) is 0 Å². The highest BCUT2D eigenvalue weighted by Gasteiger charge is 2.56. The first-order valence-corrected chi connectivity index (χ1v) is 18.0. The van der Waals surface area contributed by atoms with E-state index in [0.29, 0.717) is 24.3 Å². The summed E-state index contributed by atoms with van der Waals surface area (Å²) < 4.78 is 48.0. The number of H-pyrrole nitrogens is 1. The number of thioether (sulfide) groups is 2. The third-order valence-corrected chi connectivity index (χ3v) is 11.5. The fourth-order valence-corrected chi connectivity index (χ4v) is 7.26. The Kier molecular flexibility index (Phi) is 15.7. The number of aromatic amines is 1. The van der Waals surface area contributed by atoms with Gasteiger partial charge in [-0.2, -0.15) is 0 Å². The predicted octanol–water partition coefficient (Wildman–Crippen LogP) is 5.12. The number of hydrogen-bond donors (Lipinski definition) is 2. The van der Waals surface area contributed by atoms with Gasteiger partial charge in [0.15, 0.2) is 22.6 Å². The van der Waals surface area contributed by atoms with Gasteiger partial charge in [-0.25, -0.2) is 9.18 Å². The highest BCUT2D eigenvalue weighted by Crippen LogP contribution is 2.49. The van der Waals surface area contributed by atoms with Crippen LogP contribution in [0.1, 0.15) is 67.0 Å². The number of rotatable bonds is 21. The van der Waals surface area contributed by atoms with Crippen LogP contribution in [0.3, 0.4) is 0 Å². The average molecular weight is 712 g/mol. The molecule has 4 atom stereocenters. The molecule has 1 aliphatic rings. The summed E-state index contributed by atoms with van der Waals surface area (Å²) >= 11 is 2.24. The van der Waals surface area contributed by atoms with Gasteiger partial charge in [0.1, 0.15) is 5.60 Å². The number of aromatic nitrogens is 2. The van der Waals surface area contributed by atoms with Crippen LogP contribution in [0, 0.1) is 16.7 Å². The molecular weight excluding hydrogens is 664 g/mol. The van der Waals surface area contributed by atoms with Crippen LogP contribution >= 0.6 is 32.1 Å². The monoisotopic (exact) mass is 711 g/mol. The third-order valence-electron chi connectivity index (χ3n) is 7.96. The molecule has 0 unspecified atom stereocenters. The first-order valence-electron chi connectivity index (χ1n) is 15.3. The zero-order chi connectivity index (χ0) is 35.3. The van der Waals surface area contributed by atoms with Gasteiger partial charge in [-0.05, 0) is 24.8 Å². The number of hydrogen-bond acceptors (Lipinski definition) is 12. The van der Waals surface area contributed by atoms with Gasteiger partial charge >= 0.3 is 14.3 Å². The normalized spacial score (nSPS) is 22.1. The van der Waals surface area contributed by atoms with Gasteiger partial charge in [0.05, 0.1) is 26.4 Å². The molecule has 46 heavy (non-hydrogen) atoms. The Hall–Kier alpha value is -1.81. The maximum absolute atomic E-state index is 16.1. The lowest BCUT2D eigenvalue weighted by Crippen LogP contribution is -2.45. The fraction of sp³-hybridized carbons (Fsp3) is 0.786. The maximum Gasteiger partial charge on any atom is 0.332 e. The number of azide groups is 1. The van der Waals surface area contributed by atoms with E-state index in [0.717, 1.165) is 40.4 Å². The number of aliphatic hydroxyl groups excluding tert-OH is 1. The van der Waals surface area contributed by atoms with Crippen LogP contribution in [0.25, 0.3) is 10.4 Å². The topological polar surface area (TPSA) is 195 Å². The maximum atomic E-state index is 16.1. The quantitative estimate of drug-likeness (QED) is 0.0565. The molecule has 1 aromatic rings. The lowest BCUT2D eigenvalue weighted by molar-refractivity contribution is -0.118. The molecule has 1 fully saturated rings. The molecule has 14 nitrogen and oxygen atoms in total. The van der Waals surface area contributed by atoms with E-state index >= 15 is 4.39 Å². The molecule has 0 amide bonds. The molecule has 2 N–H and O–H groups in total. The van der Waals surface area contributed by atoms with Gasteiger partial charge in [0.2, 0.25) is 1.43 Å². The Morgan fingerprint density at radius 2 is 1.76 bits per heavy atom. The van der Waals surface area contributed by atoms with Gasteiger partial charge in [-0.1, -0.05) is 70.2 Å². The standard InChI is InChI=1S/C28H45FN5O9PS2/c1-7-26(3,4)23(37)45-15-13-40-44(41-14-16-46-24(38)27(5,6)8-2)42-18-28(17-31-33-30)19(10-12-35)21(29)22(43-28)34-11-9-20(36)32-25(34)39/h9,11,19,21-22,35H,7-8,10,12-18H2,1-6H3,(H,32,36,39)/t19-,21+,22+,28+/m0/s1/i35T. The summed E-state index contributed by atoms with van der Waals surface area (Å²) in [4.78, 5) is 54.2. The molecule has 0 spiro atoms. The Morgan fingerprint density at radius 1 is 1.17 bits per heavy atom. The minimum absolute atomic E-state index is 0.00729. The van der Waals surface area contributed by atoms with Crippen LogP contribution in [0.5, 0.6) is 0 Å². The van der Waals surface area contributed by atoms with Gasteiger partial charge in [0, 0.05) is 52.0 Å². The Balaban J connectivity index is 2.28. The van der Waals surface area contributed by atoms with E-state index in [1.54, 1.807) is 0 Å². The summed E-state index contributed by atoms with van der Waals surface area (Å²) in [6, 6.07) is 1.04. The summed E-state index contributed by atoms with van der Waals surface area (Å²) in [5, 5.41) is 8.10. The molecule has 18 heteroatoms. The van der Waals surface area contributed by atoms with E-state index in [1.807, 2.05) is 41.5 Å². The number of nitrogens with zero attached hydrogens (tertiary/aromatic N) is 4. The van der Waals surface area contributed by atoms with E-state index in [-0.39, 0.29) is 36.5 Å². The zero-order valence-electron chi connectivity index (χ0n) is 28.1. The van der Waals surface area contributed by atoms with Crippen molar-refractivity contribution in [3.8, 4) is 0 Å². The van der Waals surface area contributed by atoms with Gasteiger partial charge < -0.3 is 23.4 Å². The number of carbonyl (C=O) groups is 2. The predicted molar refractivity (Wildman–Crippen MR) is 176 cm³/mol. The minimum Gasteiger partial charge on any atom is -0.396 e. The van der Waals surface area contributed by atoms with Gasteiger partial charge in [-0.3, -0.25) is 23.9 Å². The number of carbonyl (C=O) groups excluding carboxylic acids is 2. The van der Waals surface area contributed by atoms with Crippen molar-refractivity contribution in [1.29, 1.82) is 1.43 Å². The van der Waals surface area contributed by atoms with Crippen molar-refractivity contribution in [3.05, 3.63) is 43.5 Å². The largest absolute Gasteiger partial charge is 0.396 e. The van der Waals surface area contributed by atoms with Crippen molar-refractivity contribution in [2.24, 2.45) is 21.9 Å². The van der Waals surface area contributed by atoms with Crippen LogP contribution in [-0.4, -0.2) is 82.6 Å². The van der Waals surface area contributed by atoms with Crippen molar-refractivity contribution in [1.82, 2.24) is 9.55 Å². The fourth-order valence-electron chi connectivity index (χ4n) is 4.21. The van der Waals surface area contributed by atoms with E-state index in [1.165, 1.54) is 0 Å². The summed E-state index contributed by atoms with van der Waals surface area (Å²) in [6.07, 6.45) is -1.03. The smallest absolute Gasteiger partial charge is 0.332 e. The molecular formula is C28H45FN5O9PS2. The van der Waals surface area contributed by atoms with Crippen molar-refractivity contribution < 1.29 is 37.4 Å². The molecule has 0 radical (unpaired) electrons. The van der Waals surface area contributed by atoms with Crippen molar-refractivity contribution in [2.45, 2.75) is 78.8 Å². The van der Waals surface area contributed by atoms with Crippen LogP contribution < -0.4 is 11.2 Å². The SMILES string of the molecule is [3H]OCC[C@H]1[C@@H](F)[C@H](n2ccc(=O)[nH]c2=O)O[C@]1(CN=[N+]=[N-])COP(OCCSC(=O)C(C)(C)CC)OCCSC(=O)C(C)(C)CC. The first kappa shape index (κ1) is 38.6. The Bertz CT molecular complexity index is 1310. The molecule has 2 rings (SSSR count). The summed E-state index contributed by atoms with van der Waals surface area (Å²) in [5.74, 6) is -0.480. The molecule has 0 aromatic carbocycles. The van der Waals surface area contributed by atoms with E-state index in [2.05, 4.69) is 20.1 Å². The minimum atomic E-state index is -2.14. The Morgan fingerprint density at radius 3 is 2.26 bits per heavy atom. The van der Waals surface area contributed by atoms with Crippen LogP contribution in [0.2, 0.25) is 0 Å². The molecule has 1 aliphatic heterocycles. The van der Waals surface area contributed by atoms with Gasteiger partial charge in [0.25, 0.3) is 5.56 Å². The van der Waals surface area contributed by atoms with Crippen molar-refractivity contribution >= 4 is 42.4 Å². The number of nitrogens with one attached hydrogen (secondary N) is 1.